The molecule has 1 saturated carbocycles. The molecule has 0 amide bonds. The predicted octanol–water partition coefficient (Wildman–Crippen LogP) is 2.04. The van der Waals surface area contributed by atoms with Gasteiger partial charge in [-0.1, -0.05) is 31.9 Å². The van der Waals surface area contributed by atoms with Gasteiger partial charge in [0.05, 0.1) is 6.10 Å². The van der Waals surface area contributed by atoms with E-state index in [9.17, 15) is 50.1 Å². The number of phenolic OH excluding ortho intramolecular Hbond substituents is 4. The van der Waals surface area contributed by atoms with Crippen LogP contribution < -0.4 is 0 Å². The van der Waals surface area contributed by atoms with E-state index in [0.717, 1.165) is 18.6 Å². The number of hydrogen-bond donors (Lipinski definition) is 7. The number of unbranched alkanes of at least 4 members (excludes halogenated alkanes) is 1. The highest BCUT2D eigenvalue weighted by molar-refractivity contribution is 5.88. The number of hydrogen-bond acceptors (Lipinski definition) is 13. The molecule has 1 fully saturated rings. The monoisotopic (exact) mass is 616 g/mol. The van der Waals surface area contributed by atoms with E-state index >= 15 is 0 Å². The zero-order valence-corrected chi connectivity index (χ0v) is 23.9. The SMILES string of the molecule is CCCCC(O)COC(=O)C1(O)C[C@@H](OC(=O)/C=C/c2ccc(O)c(O)c2)C(O)[C@H](OC(=O)/C=C/c2ccc(O)c(O)c2)C1. The molecule has 0 saturated heterocycles. The van der Waals surface area contributed by atoms with Crippen molar-refractivity contribution in [3.05, 3.63) is 59.7 Å². The molecule has 44 heavy (non-hydrogen) atoms. The predicted molar refractivity (Wildman–Crippen MR) is 154 cm³/mol. The van der Waals surface area contributed by atoms with Crippen LogP contribution in [0.15, 0.2) is 48.6 Å². The maximum atomic E-state index is 12.9. The highest BCUT2D eigenvalue weighted by Gasteiger charge is 2.53. The number of rotatable bonds is 12. The molecule has 0 spiro atoms. The van der Waals surface area contributed by atoms with Gasteiger partial charge in [-0.05, 0) is 54.0 Å². The molecular formula is C31H36O13. The van der Waals surface area contributed by atoms with Crippen molar-refractivity contribution in [1.29, 1.82) is 0 Å². The largest absolute Gasteiger partial charge is 0.504 e. The number of aromatic hydroxyl groups is 4. The Morgan fingerprint density at radius 3 is 1.77 bits per heavy atom. The lowest BCUT2D eigenvalue weighted by molar-refractivity contribution is -0.207. The summed E-state index contributed by atoms with van der Waals surface area (Å²) in [5, 5.41) is 70.4. The lowest BCUT2D eigenvalue weighted by atomic mass is 9.79. The van der Waals surface area contributed by atoms with Crippen molar-refractivity contribution in [2.24, 2.45) is 0 Å². The van der Waals surface area contributed by atoms with E-state index in [4.69, 9.17) is 14.2 Å². The van der Waals surface area contributed by atoms with Crippen LogP contribution in [0, 0.1) is 0 Å². The smallest absolute Gasteiger partial charge is 0.338 e. The fourth-order valence-corrected chi connectivity index (χ4v) is 4.44. The van der Waals surface area contributed by atoms with Crippen molar-refractivity contribution >= 4 is 30.1 Å². The Labute approximate surface area is 252 Å². The van der Waals surface area contributed by atoms with Crippen molar-refractivity contribution in [2.75, 3.05) is 6.61 Å². The first-order chi connectivity index (χ1) is 20.8. The van der Waals surface area contributed by atoms with Crippen LogP contribution in [0.2, 0.25) is 0 Å². The zero-order chi connectivity index (χ0) is 32.4. The summed E-state index contributed by atoms with van der Waals surface area (Å²) in [6, 6.07) is 7.57. The number of aliphatic hydroxyl groups excluding tert-OH is 2. The summed E-state index contributed by atoms with van der Waals surface area (Å²) in [5.74, 6) is -4.77. The average molecular weight is 617 g/mol. The van der Waals surface area contributed by atoms with Crippen LogP contribution in [-0.2, 0) is 28.6 Å². The Balaban J connectivity index is 1.76. The Bertz CT molecular complexity index is 1300. The number of aliphatic hydroxyl groups is 3. The molecule has 13 heteroatoms. The Kier molecular flexibility index (Phi) is 11.7. The molecule has 0 heterocycles. The van der Waals surface area contributed by atoms with Crippen molar-refractivity contribution in [3.63, 3.8) is 0 Å². The van der Waals surface area contributed by atoms with Gasteiger partial charge in [-0.25, -0.2) is 14.4 Å². The van der Waals surface area contributed by atoms with Gasteiger partial charge in [-0.3, -0.25) is 0 Å². The summed E-state index contributed by atoms with van der Waals surface area (Å²) in [6.07, 6.45) is -0.748. The summed E-state index contributed by atoms with van der Waals surface area (Å²) in [7, 11) is 0. The van der Waals surface area contributed by atoms with Gasteiger partial charge < -0.3 is 50.0 Å². The van der Waals surface area contributed by atoms with Crippen molar-refractivity contribution in [3.8, 4) is 23.0 Å². The first-order valence-corrected chi connectivity index (χ1v) is 13.9. The van der Waals surface area contributed by atoms with Crippen molar-refractivity contribution in [1.82, 2.24) is 0 Å². The van der Waals surface area contributed by atoms with Gasteiger partial charge in [-0.2, -0.15) is 0 Å². The molecule has 3 atom stereocenters. The second kappa shape index (κ2) is 15.2. The molecule has 7 N–H and O–H groups in total. The second-order valence-corrected chi connectivity index (χ2v) is 10.4. The highest BCUT2D eigenvalue weighted by atomic mass is 16.6. The fourth-order valence-electron chi connectivity index (χ4n) is 4.44. The number of phenols is 4. The normalized spacial score (nSPS) is 22.5. The number of benzene rings is 2. The van der Waals surface area contributed by atoms with Crippen molar-refractivity contribution in [2.45, 2.75) is 69.0 Å². The standard InChI is InChI=1S/C31H36O13/c1-2-3-4-20(32)17-42-30(40)31(41)15-25(43-27(37)11-7-18-5-9-21(33)23(35)13-18)29(39)26(16-31)44-28(38)12-8-19-6-10-22(34)24(36)14-19/h5-14,20,25-26,29,32-36,39,41H,2-4,15-17H2,1H3/b11-7+,12-8+/t20?,25-,26-,29?,31?/m1/s1. The first kappa shape index (κ1) is 33.9. The minimum Gasteiger partial charge on any atom is -0.504 e. The molecule has 0 bridgehead atoms. The third kappa shape index (κ3) is 9.46. The highest BCUT2D eigenvalue weighted by Crippen LogP contribution is 2.34. The minimum atomic E-state index is -2.38. The lowest BCUT2D eigenvalue weighted by Crippen LogP contribution is -2.58. The molecular weight excluding hydrogens is 580 g/mol. The number of carbonyl (C=O) groups excluding carboxylic acids is 3. The number of esters is 3. The topological polar surface area (TPSA) is 221 Å². The molecule has 0 aliphatic heterocycles. The maximum absolute atomic E-state index is 12.9. The summed E-state index contributed by atoms with van der Waals surface area (Å²) in [5.41, 5.74) is -1.73. The Hall–Kier alpha value is -4.59. The van der Waals surface area contributed by atoms with E-state index in [1.54, 1.807) is 0 Å². The molecule has 2 aromatic rings. The van der Waals surface area contributed by atoms with E-state index in [1.165, 1.54) is 48.6 Å². The fraction of sp³-hybridized carbons (Fsp3) is 0.387. The van der Waals surface area contributed by atoms with Gasteiger partial charge >= 0.3 is 17.9 Å². The van der Waals surface area contributed by atoms with E-state index in [2.05, 4.69) is 0 Å². The summed E-state index contributed by atoms with van der Waals surface area (Å²) >= 11 is 0. The van der Waals surface area contributed by atoms with E-state index in [0.29, 0.717) is 24.0 Å². The molecule has 1 aliphatic carbocycles. The quantitative estimate of drug-likeness (QED) is 0.0786. The second-order valence-electron chi connectivity index (χ2n) is 10.4. The van der Waals surface area contributed by atoms with E-state index < -0.39 is 78.9 Å². The molecule has 2 aromatic carbocycles. The maximum Gasteiger partial charge on any atom is 0.338 e. The molecule has 238 valence electrons. The number of ether oxygens (including phenoxy) is 3. The molecule has 0 aromatic heterocycles. The van der Waals surface area contributed by atoms with E-state index in [1.807, 2.05) is 6.92 Å². The minimum absolute atomic E-state index is 0.323. The van der Waals surface area contributed by atoms with Crippen molar-refractivity contribution < 1.29 is 64.3 Å². The summed E-state index contributed by atoms with van der Waals surface area (Å²) in [4.78, 5) is 38.1. The van der Waals surface area contributed by atoms with Gasteiger partial charge in [0.1, 0.15) is 24.9 Å². The number of carbonyl (C=O) groups is 3. The zero-order valence-electron chi connectivity index (χ0n) is 23.9. The summed E-state index contributed by atoms with van der Waals surface area (Å²) < 4.78 is 15.7. The van der Waals surface area contributed by atoms with Crippen LogP contribution in [0.5, 0.6) is 23.0 Å². The molecule has 1 unspecified atom stereocenters. The molecule has 13 nitrogen and oxygen atoms in total. The summed E-state index contributed by atoms with van der Waals surface area (Å²) in [6.45, 7) is 1.51. The van der Waals surface area contributed by atoms with Crippen LogP contribution in [0.3, 0.4) is 0 Å². The first-order valence-electron chi connectivity index (χ1n) is 13.9. The average Bonchev–Trinajstić information content (AvgIpc) is 2.98. The van der Waals surface area contributed by atoms with Gasteiger partial charge in [0.2, 0.25) is 0 Å². The van der Waals surface area contributed by atoms with Crippen LogP contribution in [-0.4, -0.2) is 90.3 Å². The molecule has 0 radical (unpaired) electrons. The Morgan fingerprint density at radius 2 is 1.34 bits per heavy atom. The van der Waals surface area contributed by atoms with Crippen LogP contribution >= 0.6 is 0 Å². The van der Waals surface area contributed by atoms with Gasteiger partial charge in [-0.15, -0.1) is 0 Å². The van der Waals surface area contributed by atoms with Crippen LogP contribution in [0.4, 0.5) is 0 Å². The Morgan fingerprint density at radius 1 is 0.864 bits per heavy atom. The molecule has 3 rings (SSSR count). The third-order valence-corrected chi connectivity index (χ3v) is 6.87. The molecule has 1 aliphatic rings. The van der Waals surface area contributed by atoms with Gasteiger partial charge in [0, 0.05) is 25.0 Å². The van der Waals surface area contributed by atoms with Gasteiger partial charge in [0.25, 0.3) is 0 Å². The van der Waals surface area contributed by atoms with Crippen LogP contribution in [0.25, 0.3) is 12.2 Å². The van der Waals surface area contributed by atoms with Crippen LogP contribution in [0.1, 0.15) is 50.2 Å². The third-order valence-electron chi connectivity index (χ3n) is 6.87. The van der Waals surface area contributed by atoms with Gasteiger partial charge in [0.15, 0.2) is 28.6 Å². The van der Waals surface area contributed by atoms with E-state index in [-0.39, 0.29) is 11.5 Å². The lowest BCUT2D eigenvalue weighted by Gasteiger charge is -2.41.